The van der Waals surface area contributed by atoms with Crippen LogP contribution in [-0.2, 0) is 6.54 Å². The first-order valence-electron chi connectivity index (χ1n) is 5.59. The third-order valence-electron chi connectivity index (χ3n) is 2.61. The smallest absolute Gasteiger partial charge is 0.130 e. The van der Waals surface area contributed by atoms with E-state index >= 15 is 0 Å². The van der Waals surface area contributed by atoms with Crippen molar-refractivity contribution in [2.24, 2.45) is 0 Å². The summed E-state index contributed by atoms with van der Waals surface area (Å²) in [4.78, 5) is 0.951. The van der Waals surface area contributed by atoms with Gasteiger partial charge in [-0.3, -0.25) is 4.68 Å². The molecule has 1 N–H and O–H groups in total. The van der Waals surface area contributed by atoms with Gasteiger partial charge >= 0.3 is 0 Å². The highest BCUT2D eigenvalue weighted by atomic mass is 79.9. The topological polar surface area (TPSA) is 38.0 Å². The summed E-state index contributed by atoms with van der Waals surface area (Å²) in [5, 5.41) is 14.6. The summed E-state index contributed by atoms with van der Waals surface area (Å²) < 4.78 is 2.95. The summed E-state index contributed by atoms with van der Waals surface area (Å²) in [6, 6.07) is 3.89. The molecule has 0 fully saturated rings. The number of thiophene rings is 1. The van der Waals surface area contributed by atoms with E-state index in [2.05, 4.69) is 28.0 Å². The number of aryl methyl sites for hydroxylation is 2. The van der Waals surface area contributed by atoms with Gasteiger partial charge in [-0.1, -0.05) is 6.92 Å². The summed E-state index contributed by atoms with van der Waals surface area (Å²) in [7, 11) is 0. The van der Waals surface area contributed by atoms with Crippen LogP contribution in [0, 0.1) is 6.92 Å². The van der Waals surface area contributed by atoms with Gasteiger partial charge in [0.2, 0.25) is 0 Å². The predicted octanol–water partition coefficient (Wildman–Crippen LogP) is 3.51. The molecule has 17 heavy (non-hydrogen) atoms. The SMILES string of the molecule is CCCn1nccc1C(O)c1cc(C)c(Br)s1. The molecule has 5 heteroatoms. The molecule has 2 heterocycles. The van der Waals surface area contributed by atoms with Crippen LogP contribution in [0.4, 0.5) is 0 Å². The van der Waals surface area contributed by atoms with E-state index in [0.29, 0.717) is 0 Å². The molecule has 0 aliphatic carbocycles. The number of hydrogen-bond acceptors (Lipinski definition) is 3. The quantitative estimate of drug-likeness (QED) is 0.937. The lowest BCUT2D eigenvalue weighted by Crippen LogP contribution is -2.09. The first-order chi connectivity index (χ1) is 8.13. The Morgan fingerprint density at radius 2 is 2.35 bits per heavy atom. The summed E-state index contributed by atoms with van der Waals surface area (Å²) in [5.74, 6) is 0. The second-order valence-electron chi connectivity index (χ2n) is 3.99. The minimum absolute atomic E-state index is 0.584. The maximum atomic E-state index is 10.4. The maximum absolute atomic E-state index is 10.4. The average molecular weight is 315 g/mol. The fraction of sp³-hybridized carbons (Fsp3) is 0.417. The molecule has 3 nitrogen and oxygen atoms in total. The zero-order valence-corrected chi connectivity index (χ0v) is 12.3. The largest absolute Gasteiger partial charge is 0.381 e. The second kappa shape index (κ2) is 5.33. The molecule has 0 saturated heterocycles. The van der Waals surface area contributed by atoms with Crippen LogP contribution in [0.15, 0.2) is 22.1 Å². The number of aliphatic hydroxyl groups is 1. The monoisotopic (exact) mass is 314 g/mol. The molecule has 0 aliphatic heterocycles. The third-order valence-corrected chi connectivity index (χ3v) is 4.80. The highest BCUT2D eigenvalue weighted by Gasteiger charge is 2.18. The molecular weight excluding hydrogens is 300 g/mol. The van der Waals surface area contributed by atoms with Gasteiger partial charge in [-0.2, -0.15) is 5.10 Å². The molecule has 2 aromatic heterocycles. The highest BCUT2D eigenvalue weighted by molar-refractivity contribution is 9.11. The molecule has 0 radical (unpaired) electrons. The van der Waals surface area contributed by atoms with E-state index in [4.69, 9.17) is 0 Å². The minimum atomic E-state index is -0.584. The molecule has 92 valence electrons. The Kier molecular flexibility index (Phi) is 4.01. The Labute approximate surface area is 113 Å². The van der Waals surface area contributed by atoms with Crippen molar-refractivity contribution in [1.29, 1.82) is 0 Å². The molecule has 2 aromatic rings. The van der Waals surface area contributed by atoms with E-state index in [0.717, 1.165) is 32.9 Å². The van der Waals surface area contributed by atoms with Crippen molar-refractivity contribution in [1.82, 2.24) is 9.78 Å². The first kappa shape index (κ1) is 12.8. The van der Waals surface area contributed by atoms with Gasteiger partial charge in [-0.25, -0.2) is 0 Å². The molecule has 1 atom stereocenters. The first-order valence-corrected chi connectivity index (χ1v) is 7.20. The van der Waals surface area contributed by atoms with E-state index in [9.17, 15) is 5.11 Å². The van der Waals surface area contributed by atoms with Gasteiger partial charge in [0.15, 0.2) is 0 Å². The van der Waals surface area contributed by atoms with Gasteiger partial charge in [0, 0.05) is 17.6 Å². The molecule has 2 rings (SSSR count). The molecule has 1 unspecified atom stereocenters. The van der Waals surface area contributed by atoms with Crippen molar-refractivity contribution in [2.45, 2.75) is 32.9 Å². The van der Waals surface area contributed by atoms with Crippen LogP contribution in [0.5, 0.6) is 0 Å². The van der Waals surface area contributed by atoms with Crippen molar-refractivity contribution in [2.75, 3.05) is 0 Å². The summed E-state index contributed by atoms with van der Waals surface area (Å²) in [6.07, 6.45) is 2.16. The lowest BCUT2D eigenvalue weighted by molar-refractivity contribution is 0.211. The van der Waals surface area contributed by atoms with Gasteiger partial charge in [-0.05, 0) is 47.0 Å². The number of rotatable bonds is 4. The lowest BCUT2D eigenvalue weighted by atomic mass is 10.2. The molecule has 0 aromatic carbocycles. The normalized spacial score (nSPS) is 12.9. The molecule has 0 aliphatic rings. The standard InChI is InChI=1S/C12H15BrN2OS/c1-3-6-15-9(4-5-14-15)11(16)10-7-8(2)12(13)17-10/h4-5,7,11,16H,3,6H2,1-2H3. The van der Waals surface area contributed by atoms with Crippen LogP contribution < -0.4 is 0 Å². The minimum Gasteiger partial charge on any atom is -0.381 e. The molecule has 0 amide bonds. The maximum Gasteiger partial charge on any atom is 0.130 e. The van der Waals surface area contributed by atoms with Crippen LogP contribution in [0.2, 0.25) is 0 Å². The number of nitrogens with zero attached hydrogens (tertiary/aromatic N) is 2. The van der Waals surface area contributed by atoms with E-state index in [-0.39, 0.29) is 0 Å². The van der Waals surface area contributed by atoms with Crippen LogP contribution >= 0.6 is 27.3 Å². The zero-order chi connectivity index (χ0) is 12.4. The lowest BCUT2D eigenvalue weighted by Gasteiger charge is -2.11. The van der Waals surface area contributed by atoms with Crippen molar-refractivity contribution >= 4 is 27.3 Å². The van der Waals surface area contributed by atoms with Gasteiger partial charge in [0.25, 0.3) is 0 Å². The Morgan fingerprint density at radius 3 is 2.94 bits per heavy atom. The zero-order valence-electron chi connectivity index (χ0n) is 9.85. The molecule has 0 saturated carbocycles. The Hall–Kier alpha value is -0.650. The third kappa shape index (κ3) is 2.61. The van der Waals surface area contributed by atoms with Crippen molar-refractivity contribution in [3.8, 4) is 0 Å². The number of aromatic nitrogens is 2. The summed E-state index contributed by atoms with van der Waals surface area (Å²) >= 11 is 5.05. The van der Waals surface area contributed by atoms with Crippen LogP contribution in [-0.4, -0.2) is 14.9 Å². The van der Waals surface area contributed by atoms with Gasteiger partial charge in [0.05, 0.1) is 9.48 Å². The Morgan fingerprint density at radius 1 is 1.59 bits per heavy atom. The number of aliphatic hydroxyl groups excluding tert-OH is 1. The Bertz CT molecular complexity index is 487. The van der Waals surface area contributed by atoms with E-state index in [1.54, 1.807) is 17.5 Å². The van der Waals surface area contributed by atoms with Crippen molar-refractivity contribution in [3.63, 3.8) is 0 Å². The fourth-order valence-corrected chi connectivity index (χ4v) is 3.31. The number of halogens is 1. The van der Waals surface area contributed by atoms with Crippen LogP contribution in [0.1, 0.15) is 35.6 Å². The van der Waals surface area contributed by atoms with Gasteiger partial charge in [-0.15, -0.1) is 11.3 Å². The average Bonchev–Trinajstić information content (AvgIpc) is 2.87. The predicted molar refractivity (Wildman–Crippen MR) is 73.3 cm³/mol. The van der Waals surface area contributed by atoms with E-state index in [1.165, 1.54) is 0 Å². The van der Waals surface area contributed by atoms with Gasteiger partial charge in [0.1, 0.15) is 6.10 Å². The molecule has 0 bridgehead atoms. The highest BCUT2D eigenvalue weighted by Crippen LogP contribution is 2.34. The summed E-state index contributed by atoms with van der Waals surface area (Å²) in [5.41, 5.74) is 2.02. The molecular formula is C12H15BrN2OS. The van der Waals surface area contributed by atoms with Crippen LogP contribution in [0.25, 0.3) is 0 Å². The Balaban J connectivity index is 2.29. The van der Waals surface area contributed by atoms with Gasteiger partial charge < -0.3 is 5.11 Å². The van der Waals surface area contributed by atoms with E-state index < -0.39 is 6.10 Å². The van der Waals surface area contributed by atoms with Crippen molar-refractivity contribution in [3.05, 3.63) is 38.3 Å². The summed E-state index contributed by atoms with van der Waals surface area (Å²) in [6.45, 7) is 4.97. The van der Waals surface area contributed by atoms with Crippen LogP contribution in [0.3, 0.4) is 0 Å². The number of hydrogen-bond donors (Lipinski definition) is 1. The van der Waals surface area contributed by atoms with E-state index in [1.807, 2.05) is 23.7 Å². The fourth-order valence-electron chi connectivity index (χ4n) is 1.74. The molecule has 0 spiro atoms. The second-order valence-corrected chi connectivity index (χ2v) is 6.39. The van der Waals surface area contributed by atoms with Crippen molar-refractivity contribution < 1.29 is 5.11 Å².